The minimum Gasteiger partial charge on any atom is -0.461 e. The van der Waals surface area contributed by atoms with Gasteiger partial charge in [0.1, 0.15) is 6.10 Å². The molecule has 1 amide bonds. The average Bonchev–Trinajstić information content (AvgIpc) is 3.25. The molecule has 6 nitrogen and oxygen atoms in total. The molecule has 3 N–H and O–H groups in total. The molecule has 0 bridgehead atoms. The van der Waals surface area contributed by atoms with Gasteiger partial charge in [-0.05, 0) is 44.9 Å². The van der Waals surface area contributed by atoms with Crippen molar-refractivity contribution in [2.45, 2.75) is 283 Å². The molecule has 0 rings (SSSR count). The number of nitrogens with one attached hydrogen (secondary N) is 1. The fraction of sp³-hybridized carbons (Fsp3) is 0.818. The maximum absolute atomic E-state index is 13.2. The number of carbonyl (C=O) groups is 2. The van der Waals surface area contributed by atoms with E-state index in [1.807, 2.05) is 6.08 Å². The van der Waals surface area contributed by atoms with Crippen molar-refractivity contribution < 1.29 is 24.5 Å². The van der Waals surface area contributed by atoms with Crippen molar-refractivity contribution in [3.05, 3.63) is 48.6 Å². The zero-order valence-corrected chi connectivity index (χ0v) is 40.5. The molecule has 3 unspecified atom stereocenters. The molecule has 0 saturated heterocycles. The molecule has 61 heavy (non-hydrogen) atoms. The van der Waals surface area contributed by atoms with Crippen molar-refractivity contribution in [3.8, 4) is 0 Å². The maximum atomic E-state index is 13.2. The highest BCUT2D eigenvalue weighted by molar-refractivity contribution is 5.77. The summed E-state index contributed by atoms with van der Waals surface area (Å²) < 4.78 is 5.88. The molecule has 0 aliphatic carbocycles. The van der Waals surface area contributed by atoms with Crippen LogP contribution in [0.4, 0.5) is 0 Å². The SMILES string of the molecule is CCCCC/C=C\C/C=C\C/C=C\C/C=C\CC(CC(=O)NC(CO)C(O)CCCCCCCCCCCCC)OC(=O)CCCCCCCCCCCCCCCCCC. The van der Waals surface area contributed by atoms with Crippen LogP contribution in [-0.2, 0) is 14.3 Å². The van der Waals surface area contributed by atoms with Crippen molar-refractivity contribution in [3.63, 3.8) is 0 Å². The molecule has 0 aromatic heterocycles. The van der Waals surface area contributed by atoms with Crippen molar-refractivity contribution in [2.75, 3.05) is 6.61 Å². The van der Waals surface area contributed by atoms with Crippen LogP contribution < -0.4 is 5.32 Å². The van der Waals surface area contributed by atoms with Crippen molar-refractivity contribution >= 4 is 11.9 Å². The van der Waals surface area contributed by atoms with Crippen LogP contribution in [0.1, 0.15) is 265 Å². The van der Waals surface area contributed by atoms with E-state index in [4.69, 9.17) is 4.74 Å². The summed E-state index contributed by atoms with van der Waals surface area (Å²) in [5.41, 5.74) is 0. The quantitative estimate of drug-likeness (QED) is 0.0322. The number of amides is 1. The molecule has 0 radical (unpaired) electrons. The van der Waals surface area contributed by atoms with Gasteiger partial charge in [0.2, 0.25) is 5.91 Å². The Bertz CT molecular complexity index is 1050. The Morgan fingerprint density at radius 1 is 0.492 bits per heavy atom. The van der Waals surface area contributed by atoms with E-state index in [-0.39, 0.29) is 24.9 Å². The summed E-state index contributed by atoms with van der Waals surface area (Å²) in [5.74, 6) is -0.567. The number of allylic oxidation sites excluding steroid dienone is 7. The first kappa shape index (κ1) is 58.8. The largest absolute Gasteiger partial charge is 0.461 e. The monoisotopic (exact) mass is 856 g/mol. The van der Waals surface area contributed by atoms with Crippen LogP contribution >= 0.6 is 0 Å². The van der Waals surface area contributed by atoms with Gasteiger partial charge in [-0.2, -0.15) is 0 Å². The zero-order valence-electron chi connectivity index (χ0n) is 40.5. The van der Waals surface area contributed by atoms with E-state index in [0.717, 1.165) is 57.8 Å². The highest BCUT2D eigenvalue weighted by Crippen LogP contribution is 2.17. The molecule has 0 fully saturated rings. The van der Waals surface area contributed by atoms with Gasteiger partial charge >= 0.3 is 5.97 Å². The van der Waals surface area contributed by atoms with Gasteiger partial charge in [0.15, 0.2) is 0 Å². The van der Waals surface area contributed by atoms with Gasteiger partial charge in [0, 0.05) is 12.8 Å². The standard InChI is InChI=1S/C55H101NO5/c1-4-7-10-13-16-19-22-24-26-28-30-33-36-39-42-45-48-55(60)61-51(46-43-40-37-34-32-29-27-25-23-20-17-14-11-8-5-2)49-54(59)56-52(50-57)53(58)47-44-41-38-35-31-21-18-15-12-9-6-3/h17,20,25,27,32,34,40,43,51-53,57-58H,4-16,18-19,21-24,26,28-31,33,35-39,41-42,44-50H2,1-3H3,(H,56,59)/b20-17-,27-25-,34-32-,43-40-. The molecule has 0 heterocycles. The molecule has 356 valence electrons. The van der Waals surface area contributed by atoms with Gasteiger partial charge in [0.25, 0.3) is 0 Å². The molecule has 3 atom stereocenters. The van der Waals surface area contributed by atoms with Crippen molar-refractivity contribution in [2.24, 2.45) is 0 Å². The lowest BCUT2D eigenvalue weighted by Crippen LogP contribution is -2.46. The molecular formula is C55H101NO5. The van der Waals surface area contributed by atoms with Gasteiger partial charge in [-0.1, -0.05) is 249 Å². The van der Waals surface area contributed by atoms with Crippen LogP contribution in [0.2, 0.25) is 0 Å². The third kappa shape index (κ3) is 44.2. The molecule has 0 aliphatic heterocycles. The van der Waals surface area contributed by atoms with Crippen LogP contribution in [0.15, 0.2) is 48.6 Å². The second kappa shape index (κ2) is 48.8. The normalized spacial score (nSPS) is 13.6. The number of ether oxygens (including phenoxy) is 1. The highest BCUT2D eigenvalue weighted by Gasteiger charge is 2.23. The second-order valence-electron chi connectivity index (χ2n) is 17.9. The van der Waals surface area contributed by atoms with Crippen molar-refractivity contribution in [1.82, 2.24) is 5.32 Å². The van der Waals surface area contributed by atoms with Gasteiger partial charge in [0.05, 0.1) is 25.2 Å². The average molecular weight is 856 g/mol. The molecule has 0 spiro atoms. The van der Waals surface area contributed by atoms with E-state index < -0.39 is 18.2 Å². The first-order chi connectivity index (χ1) is 30.0. The van der Waals surface area contributed by atoms with E-state index in [1.165, 1.54) is 161 Å². The van der Waals surface area contributed by atoms with E-state index in [1.54, 1.807) is 0 Å². The van der Waals surface area contributed by atoms with E-state index in [2.05, 4.69) is 68.6 Å². The van der Waals surface area contributed by atoms with Crippen LogP contribution in [0.25, 0.3) is 0 Å². The zero-order chi connectivity index (χ0) is 44.5. The second-order valence-corrected chi connectivity index (χ2v) is 17.9. The molecule has 0 saturated carbocycles. The Kier molecular flexibility index (Phi) is 47.1. The predicted molar refractivity (Wildman–Crippen MR) is 264 cm³/mol. The Morgan fingerprint density at radius 3 is 1.31 bits per heavy atom. The first-order valence-electron chi connectivity index (χ1n) is 26.4. The summed E-state index contributed by atoms with van der Waals surface area (Å²) in [6, 6.07) is -0.728. The maximum Gasteiger partial charge on any atom is 0.306 e. The van der Waals surface area contributed by atoms with Gasteiger partial charge in [-0.25, -0.2) is 0 Å². The number of rotatable bonds is 47. The lowest BCUT2D eigenvalue weighted by Gasteiger charge is -2.24. The van der Waals surface area contributed by atoms with Crippen LogP contribution in [-0.4, -0.2) is 46.9 Å². The summed E-state index contributed by atoms with van der Waals surface area (Å²) in [5, 5.41) is 23.7. The summed E-state index contributed by atoms with van der Waals surface area (Å²) in [6.45, 7) is 6.43. The molecule has 0 aliphatic rings. The van der Waals surface area contributed by atoms with Crippen molar-refractivity contribution in [1.29, 1.82) is 0 Å². The number of esters is 1. The smallest absolute Gasteiger partial charge is 0.306 e. The van der Waals surface area contributed by atoms with E-state index in [9.17, 15) is 19.8 Å². The van der Waals surface area contributed by atoms with E-state index >= 15 is 0 Å². The third-order valence-corrected chi connectivity index (χ3v) is 11.9. The first-order valence-corrected chi connectivity index (χ1v) is 26.4. The number of hydrogen-bond acceptors (Lipinski definition) is 5. The van der Waals surface area contributed by atoms with Crippen LogP contribution in [0, 0.1) is 0 Å². The molecular weight excluding hydrogens is 755 g/mol. The van der Waals surface area contributed by atoms with Gasteiger partial charge in [-0.15, -0.1) is 0 Å². The lowest BCUT2D eigenvalue weighted by atomic mass is 10.0. The topological polar surface area (TPSA) is 95.9 Å². The highest BCUT2D eigenvalue weighted by atomic mass is 16.5. The third-order valence-electron chi connectivity index (χ3n) is 11.9. The Hall–Kier alpha value is -2.18. The Balaban J connectivity index is 4.68. The Morgan fingerprint density at radius 2 is 0.869 bits per heavy atom. The summed E-state index contributed by atoms with van der Waals surface area (Å²) in [6.07, 6.45) is 59.0. The summed E-state index contributed by atoms with van der Waals surface area (Å²) >= 11 is 0. The minimum absolute atomic E-state index is 0.00435. The minimum atomic E-state index is -0.808. The number of unbranched alkanes of at least 4 members (excludes halogenated alkanes) is 28. The molecule has 0 aromatic rings. The number of aliphatic hydroxyl groups excluding tert-OH is 2. The molecule has 6 heteroatoms. The Labute approximate surface area is 378 Å². The fourth-order valence-electron chi connectivity index (χ4n) is 7.88. The van der Waals surface area contributed by atoms with E-state index in [0.29, 0.717) is 19.3 Å². The molecule has 0 aromatic carbocycles. The summed E-state index contributed by atoms with van der Waals surface area (Å²) in [7, 11) is 0. The number of hydrogen-bond donors (Lipinski definition) is 3. The fourth-order valence-corrected chi connectivity index (χ4v) is 7.88. The van der Waals surface area contributed by atoms with Crippen LogP contribution in [0.3, 0.4) is 0 Å². The van der Waals surface area contributed by atoms with Crippen LogP contribution in [0.5, 0.6) is 0 Å². The van der Waals surface area contributed by atoms with Gasteiger partial charge < -0.3 is 20.3 Å². The summed E-state index contributed by atoms with van der Waals surface area (Å²) in [4.78, 5) is 26.1. The number of aliphatic hydroxyl groups is 2. The lowest BCUT2D eigenvalue weighted by molar-refractivity contribution is -0.150. The predicted octanol–water partition coefficient (Wildman–Crippen LogP) is 15.8. The van der Waals surface area contributed by atoms with Gasteiger partial charge in [-0.3, -0.25) is 9.59 Å². The number of carbonyl (C=O) groups excluding carboxylic acids is 2.